The molecule has 4 unspecified atom stereocenters. The summed E-state index contributed by atoms with van der Waals surface area (Å²) in [6.45, 7) is 7.32. The number of para-hydroxylation sites is 1. The number of carboxylic acids is 1. The molecule has 0 bridgehead atoms. The lowest BCUT2D eigenvalue weighted by Gasteiger charge is -2.27. The summed E-state index contributed by atoms with van der Waals surface area (Å²) in [5, 5.41) is 18.8. The molecule has 0 aliphatic rings. The normalized spacial score (nSPS) is 14.5. The molecule has 0 fully saturated rings. The molecule has 1 aromatic carbocycles. The van der Waals surface area contributed by atoms with E-state index in [1.165, 1.54) is 6.33 Å². The number of carbonyl (C=O) groups excluding carboxylic acids is 3. The molecular formula is C28H39N7O5. The molecule has 12 heteroatoms. The highest BCUT2D eigenvalue weighted by atomic mass is 16.4. The maximum Gasteiger partial charge on any atom is 0.326 e. The predicted molar refractivity (Wildman–Crippen MR) is 150 cm³/mol. The van der Waals surface area contributed by atoms with Crippen molar-refractivity contribution in [2.45, 2.75) is 71.1 Å². The van der Waals surface area contributed by atoms with Crippen molar-refractivity contribution in [3.05, 3.63) is 54.2 Å². The Hall–Kier alpha value is -4.19. The van der Waals surface area contributed by atoms with E-state index >= 15 is 0 Å². The van der Waals surface area contributed by atoms with Crippen molar-refractivity contribution >= 4 is 34.6 Å². The number of aromatic amines is 2. The van der Waals surface area contributed by atoms with E-state index in [1.54, 1.807) is 26.2 Å². The third-order valence-electron chi connectivity index (χ3n) is 6.63. The predicted octanol–water partition coefficient (Wildman–Crippen LogP) is 1.24. The molecule has 4 atom stereocenters. The SMILES string of the molecule is CC(C)CC(NC(=O)C(NC(=O)C(N)Cc1cnc[nH]1)C(C)C)C(=O)NC(Cc1c[nH]c2ccccc12)C(=O)O. The molecule has 3 aromatic rings. The lowest BCUT2D eigenvalue weighted by atomic mass is 9.98. The van der Waals surface area contributed by atoms with Gasteiger partial charge in [-0.05, 0) is 29.9 Å². The minimum Gasteiger partial charge on any atom is -0.480 e. The number of imidazole rings is 1. The van der Waals surface area contributed by atoms with Crippen LogP contribution >= 0.6 is 0 Å². The molecule has 2 heterocycles. The number of hydrogen-bond donors (Lipinski definition) is 7. The van der Waals surface area contributed by atoms with Gasteiger partial charge in [-0.3, -0.25) is 14.4 Å². The van der Waals surface area contributed by atoms with Crippen LogP contribution in [-0.4, -0.2) is 67.9 Å². The summed E-state index contributed by atoms with van der Waals surface area (Å²) in [5.74, 6) is -3.16. The molecule has 0 saturated heterocycles. The van der Waals surface area contributed by atoms with Crippen LogP contribution in [0.2, 0.25) is 0 Å². The van der Waals surface area contributed by atoms with Crippen LogP contribution in [0.3, 0.4) is 0 Å². The van der Waals surface area contributed by atoms with E-state index < -0.39 is 47.9 Å². The zero-order chi connectivity index (χ0) is 29.4. The van der Waals surface area contributed by atoms with Gasteiger partial charge in [0.15, 0.2) is 0 Å². The molecule has 0 radical (unpaired) electrons. The van der Waals surface area contributed by atoms with Gasteiger partial charge in [0.25, 0.3) is 0 Å². The number of nitrogens with two attached hydrogens (primary N) is 1. The maximum atomic E-state index is 13.3. The van der Waals surface area contributed by atoms with Crippen molar-refractivity contribution in [3.8, 4) is 0 Å². The lowest BCUT2D eigenvalue weighted by Crippen LogP contribution is -2.58. The standard InChI is InChI=1S/C28H39N7O5/c1-15(2)9-22(26(37)34-23(28(39)40)10-17-12-31-21-8-6-5-7-19(17)21)33-27(38)24(16(3)4)35-25(36)20(29)11-18-13-30-14-32-18/h5-8,12-16,20,22-24,31H,9-11,29H2,1-4H3,(H,30,32)(H,33,38)(H,34,37)(H,35,36)(H,39,40). The quantitative estimate of drug-likeness (QED) is 0.156. The van der Waals surface area contributed by atoms with Crippen LogP contribution in [0.5, 0.6) is 0 Å². The van der Waals surface area contributed by atoms with Crippen molar-refractivity contribution in [1.29, 1.82) is 0 Å². The van der Waals surface area contributed by atoms with Gasteiger partial charge >= 0.3 is 5.97 Å². The Balaban J connectivity index is 1.69. The first-order chi connectivity index (χ1) is 19.0. The lowest BCUT2D eigenvalue weighted by molar-refractivity contribution is -0.142. The number of H-pyrrole nitrogens is 2. The average Bonchev–Trinajstić information content (AvgIpc) is 3.55. The number of carbonyl (C=O) groups is 4. The van der Waals surface area contributed by atoms with Crippen LogP contribution in [-0.2, 0) is 32.0 Å². The highest BCUT2D eigenvalue weighted by Crippen LogP contribution is 2.19. The molecule has 0 saturated carbocycles. The number of nitrogens with one attached hydrogen (secondary N) is 5. The van der Waals surface area contributed by atoms with Gasteiger partial charge in [0, 0.05) is 41.8 Å². The Kier molecular flexibility index (Phi) is 10.4. The second kappa shape index (κ2) is 13.7. The van der Waals surface area contributed by atoms with Gasteiger partial charge in [0.1, 0.15) is 18.1 Å². The largest absolute Gasteiger partial charge is 0.480 e. The summed E-state index contributed by atoms with van der Waals surface area (Å²) in [4.78, 5) is 61.3. The van der Waals surface area contributed by atoms with Crippen LogP contribution in [0.15, 0.2) is 43.0 Å². The van der Waals surface area contributed by atoms with Crippen molar-refractivity contribution in [1.82, 2.24) is 30.9 Å². The molecule has 8 N–H and O–H groups in total. The highest BCUT2D eigenvalue weighted by Gasteiger charge is 2.32. The molecule has 0 spiro atoms. The number of benzene rings is 1. The topological polar surface area (TPSA) is 195 Å². The second-order valence-electron chi connectivity index (χ2n) is 10.8. The number of aliphatic carboxylic acids is 1. The van der Waals surface area contributed by atoms with E-state index in [9.17, 15) is 24.3 Å². The fraction of sp³-hybridized carbons (Fsp3) is 0.464. The molecule has 3 rings (SSSR count). The molecule has 40 heavy (non-hydrogen) atoms. The minimum absolute atomic E-state index is 0.0165. The third-order valence-corrected chi connectivity index (χ3v) is 6.63. The Morgan fingerprint density at radius 3 is 2.25 bits per heavy atom. The molecule has 0 aliphatic heterocycles. The van der Waals surface area contributed by atoms with Gasteiger partial charge in [0.2, 0.25) is 17.7 Å². The average molecular weight is 554 g/mol. The van der Waals surface area contributed by atoms with Gasteiger partial charge < -0.3 is 36.8 Å². The van der Waals surface area contributed by atoms with Gasteiger partial charge in [-0.25, -0.2) is 9.78 Å². The van der Waals surface area contributed by atoms with Crippen LogP contribution < -0.4 is 21.7 Å². The third kappa shape index (κ3) is 8.15. The summed E-state index contributed by atoms with van der Waals surface area (Å²) >= 11 is 0. The Morgan fingerprint density at radius 1 is 0.925 bits per heavy atom. The first-order valence-corrected chi connectivity index (χ1v) is 13.4. The smallest absolute Gasteiger partial charge is 0.326 e. The molecular weight excluding hydrogens is 514 g/mol. The fourth-order valence-electron chi connectivity index (χ4n) is 4.48. The monoisotopic (exact) mass is 553 g/mol. The van der Waals surface area contributed by atoms with Gasteiger partial charge in [-0.2, -0.15) is 0 Å². The van der Waals surface area contributed by atoms with Crippen LogP contribution in [0.4, 0.5) is 0 Å². The van der Waals surface area contributed by atoms with Crippen LogP contribution in [0, 0.1) is 11.8 Å². The molecule has 0 aliphatic carbocycles. The van der Waals surface area contributed by atoms with Crippen LogP contribution in [0.25, 0.3) is 10.9 Å². The molecule has 2 aromatic heterocycles. The number of fused-ring (bicyclic) bond motifs is 1. The number of nitrogens with zero attached hydrogens (tertiary/aromatic N) is 1. The van der Waals surface area contributed by atoms with E-state index in [2.05, 4.69) is 30.9 Å². The van der Waals surface area contributed by atoms with Crippen molar-refractivity contribution in [2.24, 2.45) is 17.6 Å². The summed E-state index contributed by atoms with van der Waals surface area (Å²) in [6, 6.07) is 3.41. The van der Waals surface area contributed by atoms with E-state index in [4.69, 9.17) is 5.73 Å². The number of amides is 3. The Bertz CT molecular complexity index is 1300. The highest BCUT2D eigenvalue weighted by molar-refractivity contribution is 5.94. The summed E-state index contributed by atoms with van der Waals surface area (Å²) in [7, 11) is 0. The van der Waals surface area contributed by atoms with Crippen molar-refractivity contribution in [2.75, 3.05) is 0 Å². The number of rotatable bonds is 14. The first-order valence-electron chi connectivity index (χ1n) is 13.4. The Morgan fingerprint density at radius 2 is 1.62 bits per heavy atom. The van der Waals surface area contributed by atoms with E-state index in [0.717, 1.165) is 16.5 Å². The molecule has 216 valence electrons. The molecule has 12 nitrogen and oxygen atoms in total. The van der Waals surface area contributed by atoms with E-state index in [-0.39, 0.29) is 31.1 Å². The van der Waals surface area contributed by atoms with Gasteiger partial charge in [-0.1, -0.05) is 45.9 Å². The number of aromatic nitrogens is 3. The summed E-state index contributed by atoms with van der Waals surface area (Å²) in [5.41, 5.74) is 8.33. The Labute approximate surface area is 232 Å². The maximum absolute atomic E-state index is 13.3. The van der Waals surface area contributed by atoms with Crippen molar-refractivity contribution < 1.29 is 24.3 Å². The second-order valence-corrected chi connectivity index (χ2v) is 10.8. The number of carboxylic acid groups (broad SMARTS) is 1. The molecule has 3 amide bonds. The van der Waals surface area contributed by atoms with Gasteiger partial charge in [-0.15, -0.1) is 0 Å². The zero-order valence-corrected chi connectivity index (χ0v) is 23.2. The van der Waals surface area contributed by atoms with Crippen LogP contribution in [0.1, 0.15) is 45.4 Å². The van der Waals surface area contributed by atoms with E-state index in [1.807, 2.05) is 38.1 Å². The first kappa shape index (κ1) is 30.4. The van der Waals surface area contributed by atoms with E-state index in [0.29, 0.717) is 5.69 Å². The van der Waals surface area contributed by atoms with Crippen molar-refractivity contribution in [3.63, 3.8) is 0 Å². The summed E-state index contributed by atoms with van der Waals surface area (Å²) in [6.07, 6.45) is 5.33. The fourth-order valence-corrected chi connectivity index (χ4v) is 4.48. The number of hydrogen-bond acceptors (Lipinski definition) is 6. The zero-order valence-electron chi connectivity index (χ0n) is 23.2. The van der Waals surface area contributed by atoms with Gasteiger partial charge in [0.05, 0.1) is 12.4 Å². The minimum atomic E-state index is -1.21. The summed E-state index contributed by atoms with van der Waals surface area (Å²) < 4.78 is 0.